The summed E-state index contributed by atoms with van der Waals surface area (Å²) in [7, 11) is 0. The molecule has 0 aliphatic rings. The van der Waals surface area contributed by atoms with Crippen LogP contribution in [-0.4, -0.2) is 6.29 Å². The third kappa shape index (κ3) is 1.68. The summed E-state index contributed by atoms with van der Waals surface area (Å²) in [6.07, 6.45) is 2.24. The summed E-state index contributed by atoms with van der Waals surface area (Å²) in [6, 6.07) is 9.56. The Balaban J connectivity index is 2.72. The minimum Gasteiger partial charge on any atom is -0.291 e. The molecule has 45 valence electrons. The van der Waals surface area contributed by atoms with Gasteiger partial charge in [0.2, 0.25) is 6.29 Å². The molecule has 1 nitrogen and oxygen atoms in total. The number of benzene rings is 1. The van der Waals surface area contributed by atoms with E-state index in [4.69, 9.17) is 0 Å². The van der Waals surface area contributed by atoms with E-state index in [2.05, 4.69) is 0 Å². The fraction of sp³-hybridized carbons (Fsp3) is 0.125. The predicted octanol–water partition coefficient (Wildman–Crippen LogP) is 1.34. The molecular formula is C8H7O. The Morgan fingerprint density at radius 2 is 1.89 bits per heavy atom. The summed E-state index contributed by atoms with van der Waals surface area (Å²) < 4.78 is 0. The van der Waals surface area contributed by atoms with Crippen molar-refractivity contribution >= 4 is 6.29 Å². The van der Waals surface area contributed by atoms with Crippen molar-refractivity contribution in [3.05, 3.63) is 35.9 Å². The molecule has 0 saturated heterocycles. The highest BCUT2D eigenvalue weighted by Gasteiger charge is 1.85. The van der Waals surface area contributed by atoms with Gasteiger partial charge in [0, 0.05) is 6.42 Å². The molecule has 0 saturated carbocycles. The van der Waals surface area contributed by atoms with Gasteiger partial charge in [-0.2, -0.15) is 0 Å². The lowest BCUT2D eigenvalue weighted by Gasteiger charge is -1.88. The fourth-order valence-corrected chi connectivity index (χ4v) is 0.679. The van der Waals surface area contributed by atoms with E-state index in [0.29, 0.717) is 6.42 Å². The third-order valence-corrected chi connectivity index (χ3v) is 1.12. The monoisotopic (exact) mass is 119 g/mol. The Labute approximate surface area is 54.3 Å². The van der Waals surface area contributed by atoms with Crippen LogP contribution in [-0.2, 0) is 11.2 Å². The van der Waals surface area contributed by atoms with Gasteiger partial charge in [-0.1, -0.05) is 30.3 Å². The minimum absolute atomic E-state index is 0.404. The van der Waals surface area contributed by atoms with Crippen molar-refractivity contribution < 1.29 is 4.79 Å². The third-order valence-electron chi connectivity index (χ3n) is 1.12. The number of carbonyl (C=O) groups excluding carboxylic acids is 1. The van der Waals surface area contributed by atoms with Crippen molar-refractivity contribution in [2.75, 3.05) is 0 Å². The normalized spacial score (nSPS) is 8.89. The lowest BCUT2D eigenvalue weighted by molar-refractivity contribution is 0.555. The van der Waals surface area contributed by atoms with Crippen LogP contribution < -0.4 is 0 Å². The molecule has 0 N–H and O–H groups in total. The second-order valence-corrected chi connectivity index (χ2v) is 1.81. The Morgan fingerprint density at radius 1 is 1.22 bits per heavy atom. The Kier molecular flexibility index (Phi) is 2.02. The molecule has 0 unspecified atom stereocenters. The van der Waals surface area contributed by atoms with Crippen LogP contribution in [0.15, 0.2) is 30.3 Å². The summed E-state index contributed by atoms with van der Waals surface area (Å²) in [5.74, 6) is 0. The summed E-state index contributed by atoms with van der Waals surface area (Å²) in [4.78, 5) is 9.85. The highest BCUT2D eigenvalue weighted by atomic mass is 16.1. The Morgan fingerprint density at radius 3 is 2.44 bits per heavy atom. The largest absolute Gasteiger partial charge is 0.291 e. The van der Waals surface area contributed by atoms with Gasteiger partial charge < -0.3 is 0 Å². The molecule has 1 heteroatoms. The van der Waals surface area contributed by atoms with E-state index in [1.807, 2.05) is 36.6 Å². The van der Waals surface area contributed by atoms with Gasteiger partial charge in [-0.15, -0.1) is 0 Å². The zero-order valence-electron chi connectivity index (χ0n) is 5.00. The summed E-state index contributed by atoms with van der Waals surface area (Å²) in [5, 5.41) is 0. The highest BCUT2D eigenvalue weighted by Crippen LogP contribution is 1.96. The van der Waals surface area contributed by atoms with Crippen LogP contribution in [0.2, 0.25) is 0 Å². The summed E-state index contributed by atoms with van der Waals surface area (Å²) in [5.41, 5.74) is 1.02. The topological polar surface area (TPSA) is 17.1 Å². The molecule has 1 aromatic rings. The van der Waals surface area contributed by atoms with Crippen LogP contribution >= 0.6 is 0 Å². The molecule has 0 bridgehead atoms. The van der Waals surface area contributed by atoms with Crippen LogP contribution in [0.5, 0.6) is 0 Å². The molecule has 0 aliphatic heterocycles. The number of hydrogen-bond donors (Lipinski definition) is 0. The minimum atomic E-state index is 0.404. The SMILES string of the molecule is O=[C]Cc1ccccc1. The van der Waals surface area contributed by atoms with E-state index in [1.165, 1.54) is 0 Å². The molecule has 0 aliphatic carbocycles. The van der Waals surface area contributed by atoms with Crippen LogP contribution in [0.4, 0.5) is 0 Å². The van der Waals surface area contributed by atoms with E-state index in [9.17, 15) is 4.79 Å². The van der Waals surface area contributed by atoms with Crippen molar-refractivity contribution in [2.24, 2.45) is 0 Å². The van der Waals surface area contributed by atoms with Crippen LogP contribution in [0.25, 0.3) is 0 Å². The molecule has 1 aromatic carbocycles. The molecule has 0 fully saturated rings. The average molecular weight is 119 g/mol. The first kappa shape index (κ1) is 6.02. The van der Waals surface area contributed by atoms with Crippen LogP contribution in [0.3, 0.4) is 0 Å². The standard InChI is InChI=1S/C8H7O/c9-7-6-8-4-2-1-3-5-8/h1-5H,6H2. The van der Waals surface area contributed by atoms with Gasteiger partial charge in [0.15, 0.2) is 0 Å². The maximum atomic E-state index is 9.85. The van der Waals surface area contributed by atoms with Gasteiger partial charge in [-0.3, -0.25) is 4.79 Å². The van der Waals surface area contributed by atoms with Gasteiger partial charge in [0.1, 0.15) is 0 Å². The first-order valence-electron chi connectivity index (χ1n) is 2.82. The highest BCUT2D eigenvalue weighted by molar-refractivity contribution is 5.55. The van der Waals surface area contributed by atoms with Crippen LogP contribution in [0.1, 0.15) is 5.56 Å². The van der Waals surface area contributed by atoms with Crippen molar-refractivity contribution in [1.29, 1.82) is 0 Å². The number of hydrogen-bond acceptors (Lipinski definition) is 1. The molecule has 1 rings (SSSR count). The van der Waals surface area contributed by atoms with E-state index < -0.39 is 0 Å². The predicted molar refractivity (Wildman–Crippen MR) is 35.8 cm³/mol. The zero-order chi connectivity index (χ0) is 6.53. The van der Waals surface area contributed by atoms with Crippen molar-refractivity contribution in [1.82, 2.24) is 0 Å². The Bertz CT molecular complexity index is 179. The maximum Gasteiger partial charge on any atom is 0.203 e. The molecule has 9 heavy (non-hydrogen) atoms. The van der Waals surface area contributed by atoms with Crippen molar-refractivity contribution in [3.8, 4) is 0 Å². The van der Waals surface area contributed by atoms with Crippen LogP contribution in [0, 0.1) is 0 Å². The molecule has 0 amide bonds. The average Bonchev–Trinajstić information content (AvgIpc) is 1.91. The first-order valence-corrected chi connectivity index (χ1v) is 2.82. The molecular weight excluding hydrogens is 112 g/mol. The van der Waals surface area contributed by atoms with Gasteiger partial charge in [-0.05, 0) is 5.56 Å². The molecule has 0 atom stereocenters. The van der Waals surface area contributed by atoms with Gasteiger partial charge in [0.25, 0.3) is 0 Å². The van der Waals surface area contributed by atoms with E-state index in [0.717, 1.165) is 5.56 Å². The van der Waals surface area contributed by atoms with Crippen molar-refractivity contribution in [2.45, 2.75) is 6.42 Å². The fourth-order valence-electron chi connectivity index (χ4n) is 0.679. The van der Waals surface area contributed by atoms with E-state index >= 15 is 0 Å². The second-order valence-electron chi connectivity index (χ2n) is 1.81. The van der Waals surface area contributed by atoms with E-state index in [-0.39, 0.29) is 0 Å². The lowest BCUT2D eigenvalue weighted by atomic mass is 10.2. The van der Waals surface area contributed by atoms with Gasteiger partial charge >= 0.3 is 0 Å². The van der Waals surface area contributed by atoms with Crippen molar-refractivity contribution in [3.63, 3.8) is 0 Å². The molecule has 1 radical (unpaired) electrons. The molecule has 0 aromatic heterocycles. The van der Waals surface area contributed by atoms with Gasteiger partial charge in [0.05, 0.1) is 0 Å². The summed E-state index contributed by atoms with van der Waals surface area (Å²) in [6.45, 7) is 0. The van der Waals surface area contributed by atoms with Gasteiger partial charge in [-0.25, -0.2) is 0 Å². The Hall–Kier alpha value is -1.11. The number of rotatable bonds is 2. The second kappa shape index (κ2) is 3.02. The quantitative estimate of drug-likeness (QED) is 0.574. The van der Waals surface area contributed by atoms with E-state index in [1.54, 1.807) is 0 Å². The molecule has 0 heterocycles. The lowest BCUT2D eigenvalue weighted by Crippen LogP contribution is -1.82. The zero-order valence-corrected chi connectivity index (χ0v) is 5.00. The maximum absolute atomic E-state index is 9.85. The summed E-state index contributed by atoms with van der Waals surface area (Å²) >= 11 is 0. The smallest absolute Gasteiger partial charge is 0.203 e. The first-order chi connectivity index (χ1) is 4.43. The molecule has 0 spiro atoms.